The second-order valence-electron chi connectivity index (χ2n) is 14.1. The zero-order valence-electron chi connectivity index (χ0n) is 33.2. The molecule has 0 N–H and O–H groups in total. The summed E-state index contributed by atoms with van der Waals surface area (Å²) in [5.41, 5.74) is 8.24. The third-order valence-electron chi connectivity index (χ3n) is 10.5. The van der Waals surface area contributed by atoms with E-state index in [0.717, 1.165) is 0 Å². The molecule has 0 aliphatic rings. The fourth-order valence-electron chi connectivity index (χ4n) is 6.98. The SMILES string of the molecule is CC(c1ccccc1)c1ccccc1.CC(c1ccccc1)c1ccccc1.CC(c1ccccc1)c1ccccc1.[Ru+3].c1ccc2c(c1)ccc1ccccc12. The van der Waals surface area contributed by atoms with Crippen LogP contribution in [0, 0.1) is 0 Å². The van der Waals surface area contributed by atoms with Crippen LogP contribution in [0.3, 0.4) is 0 Å². The van der Waals surface area contributed by atoms with Crippen LogP contribution in [0.1, 0.15) is 71.9 Å². The molecule has 9 aromatic carbocycles. The second kappa shape index (κ2) is 22.6. The summed E-state index contributed by atoms with van der Waals surface area (Å²) in [7, 11) is 0. The van der Waals surface area contributed by atoms with Crippen LogP contribution in [-0.4, -0.2) is 0 Å². The Hall–Kier alpha value is -5.88. The fraction of sp³-hybridized carbons (Fsp3) is 0.107. The van der Waals surface area contributed by atoms with Crippen LogP contribution in [0.4, 0.5) is 0 Å². The summed E-state index contributed by atoms with van der Waals surface area (Å²) in [5.74, 6) is 1.45. The molecule has 1 radical (unpaired) electrons. The number of hydrogen-bond acceptors (Lipinski definition) is 0. The Morgan fingerprint density at radius 3 is 0.596 bits per heavy atom. The zero-order chi connectivity index (χ0) is 38.8. The molecule has 9 aromatic rings. The third kappa shape index (κ3) is 12.3. The van der Waals surface area contributed by atoms with E-state index in [4.69, 9.17) is 0 Å². The quantitative estimate of drug-likeness (QED) is 0.116. The van der Waals surface area contributed by atoms with Gasteiger partial charge in [0, 0.05) is 17.8 Å². The Morgan fingerprint density at radius 2 is 0.386 bits per heavy atom. The smallest absolute Gasteiger partial charge is 0.0622 e. The van der Waals surface area contributed by atoms with Crippen molar-refractivity contribution < 1.29 is 19.5 Å². The topological polar surface area (TPSA) is 0 Å². The van der Waals surface area contributed by atoms with Gasteiger partial charge in [-0.05, 0) is 54.9 Å². The van der Waals surface area contributed by atoms with Crippen LogP contribution in [0.5, 0.6) is 0 Å². The maximum atomic E-state index is 2.24. The molecule has 0 saturated carbocycles. The number of rotatable bonds is 6. The van der Waals surface area contributed by atoms with Crippen molar-refractivity contribution in [3.8, 4) is 0 Å². The van der Waals surface area contributed by atoms with Crippen LogP contribution in [0.15, 0.2) is 243 Å². The summed E-state index contributed by atoms with van der Waals surface area (Å²) in [4.78, 5) is 0. The minimum atomic E-state index is 0. The summed E-state index contributed by atoms with van der Waals surface area (Å²) in [6.45, 7) is 6.72. The van der Waals surface area contributed by atoms with Crippen LogP contribution in [0.25, 0.3) is 21.5 Å². The second-order valence-corrected chi connectivity index (χ2v) is 14.1. The van der Waals surface area contributed by atoms with Gasteiger partial charge in [-0.2, -0.15) is 0 Å². The predicted octanol–water partition coefficient (Wildman–Crippen LogP) is 15.5. The molecule has 0 aliphatic carbocycles. The van der Waals surface area contributed by atoms with Gasteiger partial charge in [-0.15, -0.1) is 0 Å². The Balaban J connectivity index is 0.000000144. The molecular weight excluding hydrogens is 774 g/mol. The van der Waals surface area contributed by atoms with Crippen molar-refractivity contribution in [3.63, 3.8) is 0 Å². The first kappa shape index (κ1) is 42.3. The molecule has 0 amide bonds. The minimum Gasteiger partial charge on any atom is -0.0622 e. The van der Waals surface area contributed by atoms with E-state index in [1.165, 1.54) is 54.9 Å². The maximum Gasteiger partial charge on any atom is 3.00 e. The molecular formula is C56H52Ru+3. The minimum absolute atomic E-state index is 0. The first-order chi connectivity index (χ1) is 27.6. The molecule has 0 fully saturated rings. The van der Waals surface area contributed by atoms with Gasteiger partial charge in [-0.25, -0.2) is 0 Å². The molecule has 1 heteroatoms. The van der Waals surface area contributed by atoms with Gasteiger partial charge in [0.05, 0.1) is 0 Å². The molecule has 0 heterocycles. The van der Waals surface area contributed by atoms with Gasteiger partial charge in [0.25, 0.3) is 0 Å². The maximum absolute atomic E-state index is 2.24. The molecule has 0 nitrogen and oxygen atoms in total. The van der Waals surface area contributed by atoms with Crippen LogP contribution in [0.2, 0.25) is 0 Å². The number of fused-ring (bicyclic) bond motifs is 3. The van der Waals surface area contributed by atoms with Gasteiger partial charge >= 0.3 is 19.5 Å². The Labute approximate surface area is 353 Å². The fourth-order valence-corrected chi connectivity index (χ4v) is 6.98. The summed E-state index contributed by atoms with van der Waals surface area (Å²) >= 11 is 0. The van der Waals surface area contributed by atoms with E-state index < -0.39 is 0 Å². The molecule has 0 atom stereocenters. The van der Waals surface area contributed by atoms with Crippen molar-refractivity contribution in [2.75, 3.05) is 0 Å². The van der Waals surface area contributed by atoms with Crippen molar-refractivity contribution in [1.29, 1.82) is 0 Å². The summed E-state index contributed by atoms with van der Waals surface area (Å²) in [6, 6.07) is 85.0. The molecule has 0 bridgehead atoms. The summed E-state index contributed by atoms with van der Waals surface area (Å²) < 4.78 is 0. The van der Waals surface area contributed by atoms with E-state index in [1.807, 2.05) is 0 Å². The Bertz CT molecular complexity index is 2060. The van der Waals surface area contributed by atoms with E-state index in [0.29, 0.717) is 17.8 Å². The van der Waals surface area contributed by atoms with E-state index in [1.54, 1.807) is 0 Å². The van der Waals surface area contributed by atoms with Crippen molar-refractivity contribution in [2.45, 2.75) is 38.5 Å². The van der Waals surface area contributed by atoms with Crippen molar-refractivity contribution in [2.24, 2.45) is 0 Å². The van der Waals surface area contributed by atoms with Gasteiger partial charge in [-0.1, -0.05) is 263 Å². The largest absolute Gasteiger partial charge is 3.00 e. The van der Waals surface area contributed by atoms with Crippen molar-refractivity contribution >= 4 is 21.5 Å². The van der Waals surface area contributed by atoms with Gasteiger partial charge < -0.3 is 0 Å². The van der Waals surface area contributed by atoms with Crippen LogP contribution < -0.4 is 0 Å². The summed E-state index contributed by atoms with van der Waals surface area (Å²) in [6.07, 6.45) is 0. The standard InChI is InChI=1S/C14H10.3C14H14.Ru/c1-3-7-13-11(5-1)9-10-12-6-2-4-8-14(12)13;3*1-12(13-8-4-2-5-9-13)14-10-6-3-7-11-14;/h1-10H;3*2-12H,1H3;/q;;;;+3. The third-order valence-corrected chi connectivity index (χ3v) is 10.5. The van der Waals surface area contributed by atoms with Crippen LogP contribution >= 0.6 is 0 Å². The normalized spacial score (nSPS) is 10.4. The average Bonchev–Trinajstić information content (AvgIpc) is 3.30. The Morgan fingerprint density at radius 1 is 0.211 bits per heavy atom. The first-order valence-corrected chi connectivity index (χ1v) is 19.7. The molecule has 57 heavy (non-hydrogen) atoms. The van der Waals surface area contributed by atoms with E-state index in [-0.39, 0.29) is 19.5 Å². The molecule has 0 spiro atoms. The molecule has 0 unspecified atom stereocenters. The Kier molecular flexibility index (Phi) is 16.8. The molecule has 0 aliphatic heterocycles. The van der Waals surface area contributed by atoms with Crippen LogP contribution in [-0.2, 0) is 19.5 Å². The number of benzene rings is 9. The molecule has 0 saturated heterocycles. The molecule has 9 rings (SSSR count). The summed E-state index contributed by atoms with van der Waals surface area (Å²) in [5, 5.41) is 5.30. The van der Waals surface area contributed by atoms with Gasteiger partial charge in [-0.3, -0.25) is 0 Å². The monoisotopic (exact) mass is 826 g/mol. The van der Waals surface area contributed by atoms with Gasteiger partial charge in [0.2, 0.25) is 0 Å². The number of hydrogen-bond donors (Lipinski definition) is 0. The van der Waals surface area contributed by atoms with Crippen molar-refractivity contribution in [3.05, 3.63) is 276 Å². The zero-order valence-corrected chi connectivity index (χ0v) is 34.9. The molecule has 0 aromatic heterocycles. The average molecular weight is 826 g/mol. The van der Waals surface area contributed by atoms with Gasteiger partial charge in [0.1, 0.15) is 0 Å². The van der Waals surface area contributed by atoms with Crippen molar-refractivity contribution in [1.82, 2.24) is 0 Å². The van der Waals surface area contributed by atoms with Gasteiger partial charge in [0.15, 0.2) is 0 Å². The predicted molar refractivity (Wildman–Crippen MR) is 243 cm³/mol. The van der Waals surface area contributed by atoms with E-state index >= 15 is 0 Å². The van der Waals surface area contributed by atoms with E-state index in [2.05, 4.69) is 263 Å². The van der Waals surface area contributed by atoms with E-state index in [9.17, 15) is 0 Å². The first-order valence-electron chi connectivity index (χ1n) is 19.7. The molecule has 281 valence electrons.